The second-order valence-corrected chi connectivity index (χ2v) is 5.17. The van der Waals surface area contributed by atoms with Gasteiger partial charge in [-0.2, -0.15) is 0 Å². The van der Waals surface area contributed by atoms with Crippen molar-refractivity contribution in [1.29, 1.82) is 0 Å². The van der Waals surface area contributed by atoms with Crippen molar-refractivity contribution in [2.24, 2.45) is 0 Å². The molecule has 1 heterocycles. The molecular weight excluding hydrogens is 278 g/mol. The Bertz CT molecular complexity index is 593. The van der Waals surface area contributed by atoms with E-state index in [1.807, 2.05) is 6.07 Å². The molecule has 1 aliphatic carbocycles. The van der Waals surface area contributed by atoms with Crippen LogP contribution in [0.1, 0.15) is 29.9 Å². The summed E-state index contributed by atoms with van der Waals surface area (Å²) in [6, 6.07) is 7.99. The van der Waals surface area contributed by atoms with Crippen LogP contribution in [-0.2, 0) is 10.6 Å². The second kappa shape index (κ2) is 5.85. The Hall–Kier alpha value is -1.52. The third-order valence-corrected chi connectivity index (χ3v) is 3.69. The zero-order valence-corrected chi connectivity index (χ0v) is 12.0. The molecule has 0 spiro atoms. The van der Waals surface area contributed by atoms with Crippen molar-refractivity contribution < 1.29 is 14.0 Å². The molecule has 1 fully saturated rings. The highest BCUT2D eigenvalue weighted by Gasteiger charge is 2.26. The fraction of sp³-hybridized carbons (Fsp3) is 0.400. The van der Waals surface area contributed by atoms with Gasteiger partial charge in [0.1, 0.15) is 0 Å². The summed E-state index contributed by atoms with van der Waals surface area (Å²) in [5.74, 6) is 2.32. The minimum atomic E-state index is 0.157. The summed E-state index contributed by atoms with van der Waals surface area (Å²) >= 11 is 5.99. The van der Waals surface area contributed by atoms with E-state index in [0.717, 1.165) is 5.56 Å². The van der Waals surface area contributed by atoms with E-state index >= 15 is 0 Å². The molecule has 1 aliphatic rings. The van der Waals surface area contributed by atoms with E-state index in [2.05, 4.69) is 17.3 Å². The normalized spacial score (nSPS) is 14.5. The van der Waals surface area contributed by atoms with E-state index in [4.69, 9.17) is 25.6 Å². The van der Waals surface area contributed by atoms with Gasteiger partial charge >= 0.3 is 0 Å². The minimum Gasteiger partial charge on any atom is -0.448 e. The maximum Gasteiger partial charge on any atom is 0.256 e. The van der Waals surface area contributed by atoms with E-state index in [1.165, 1.54) is 24.0 Å². The van der Waals surface area contributed by atoms with Gasteiger partial charge in [-0.15, -0.1) is 11.6 Å². The molecule has 4 nitrogen and oxygen atoms in total. The Morgan fingerprint density at radius 3 is 2.90 bits per heavy atom. The van der Waals surface area contributed by atoms with Gasteiger partial charge in [-0.3, -0.25) is 0 Å². The number of rotatable bonds is 6. The van der Waals surface area contributed by atoms with Crippen LogP contribution in [0.2, 0.25) is 0 Å². The van der Waals surface area contributed by atoms with Gasteiger partial charge < -0.3 is 14.0 Å². The second-order valence-electron chi connectivity index (χ2n) is 4.90. The zero-order chi connectivity index (χ0) is 13.9. The lowest BCUT2D eigenvalue weighted by Gasteiger charge is -2.07. The summed E-state index contributed by atoms with van der Waals surface area (Å²) in [7, 11) is 1.56. The number of hydrogen-bond acceptors (Lipinski definition) is 4. The molecule has 1 aromatic heterocycles. The van der Waals surface area contributed by atoms with Crippen LogP contribution in [0.3, 0.4) is 0 Å². The van der Waals surface area contributed by atoms with Gasteiger partial charge in [0.05, 0.1) is 0 Å². The Morgan fingerprint density at radius 1 is 1.35 bits per heavy atom. The van der Waals surface area contributed by atoms with Gasteiger partial charge in [-0.25, -0.2) is 0 Å². The molecule has 0 bridgehead atoms. The number of methoxy groups -OCH3 is 1. The molecule has 2 aromatic rings. The largest absolute Gasteiger partial charge is 0.448 e. The van der Waals surface area contributed by atoms with Gasteiger partial charge in [-0.05, 0) is 41.1 Å². The number of benzene rings is 1. The first-order valence-corrected chi connectivity index (χ1v) is 7.13. The molecule has 0 radical (unpaired) electrons. The monoisotopic (exact) mass is 293 g/mol. The molecule has 0 unspecified atom stereocenters. The van der Waals surface area contributed by atoms with Crippen LogP contribution >= 0.6 is 11.6 Å². The van der Waals surface area contributed by atoms with Crippen molar-refractivity contribution in [2.45, 2.75) is 24.6 Å². The molecule has 1 saturated carbocycles. The third kappa shape index (κ3) is 2.81. The quantitative estimate of drug-likeness (QED) is 0.598. The molecule has 0 amide bonds. The average Bonchev–Trinajstić information content (AvgIpc) is 3.23. The zero-order valence-electron chi connectivity index (χ0n) is 11.3. The van der Waals surface area contributed by atoms with Crippen LogP contribution < -0.4 is 4.74 Å². The smallest absolute Gasteiger partial charge is 0.256 e. The summed E-state index contributed by atoms with van der Waals surface area (Å²) in [4.78, 5) is 0. The lowest BCUT2D eigenvalue weighted by atomic mass is 10.00. The number of ether oxygens (including phenoxy) is 2. The highest BCUT2D eigenvalue weighted by molar-refractivity contribution is 6.17. The first-order valence-electron chi connectivity index (χ1n) is 6.59. The van der Waals surface area contributed by atoms with Crippen LogP contribution in [0.25, 0.3) is 11.3 Å². The third-order valence-electron chi connectivity index (χ3n) is 3.40. The van der Waals surface area contributed by atoms with E-state index in [0.29, 0.717) is 23.4 Å². The van der Waals surface area contributed by atoms with E-state index in [1.54, 1.807) is 13.2 Å². The SMILES string of the molecule is COCOc1cc(-c2ccc(CCl)c(C3CC3)c2)on1. The van der Waals surface area contributed by atoms with E-state index < -0.39 is 0 Å². The Morgan fingerprint density at radius 2 is 2.20 bits per heavy atom. The predicted molar refractivity (Wildman–Crippen MR) is 76.0 cm³/mol. The van der Waals surface area contributed by atoms with Crippen molar-refractivity contribution in [3.63, 3.8) is 0 Å². The molecule has 0 saturated heterocycles. The summed E-state index contributed by atoms with van der Waals surface area (Å²) in [6.07, 6.45) is 2.48. The highest BCUT2D eigenvalue weighted by atomic mass is 35.5. The Labute approximate surface area is 122 Å². The van der Waals surface area contributed by atoms with Crippen molar-refractivity contribution in [3.05, 3.63) is 35.4 Å². The van der Waals surface area contributed by atoms with Crippen molar-refractivity contribution in [2.75, 3.05) is 13.9 Å². The lowest BCUT2D eigenvalue weighted by Crippen LogP contribution is -1.98. The first kappa shape index (κ1) is 13.5. The fourth-order valence-electron chi connectivity index (χ4n) is 2.23. The predicted octanol–water partition coefficient (Wildman–Crippen LogP) is 3.94. The number of hydrogen-bond donors (Lipinski definition) is 0. The maximum absolute atomic E-state index is 5.99. The van der Waals surface area contributed by atoms with Crippen LogP contribution in [0, 0.1) is 0 Å². The maximum atomic E-state index is 5.99. The molecule has 0 aliphatic heterocycles. The number of aromatic nitrogens is 1. The first-order chi connectivity index (χ1) is 9.81. The molecule has 20 heavy (non-hydrogen) atoms. The van der Waals surface area contributed by atoms with Crippen molar-refractivity contribution in [3.8, 4) is 17.2 Å². The van der Waals surface area contributed by atoms with Crippen LogP contribution in [-0.4, -0.2) is 19.1 Å². The lowest BCUT2D eigenvalue weighted by molar-refractivity contribution is 0.0453. The molecule has 1 aromatic carbocycles. The van der Waals surface area contributed by atoms with E-state index in [-0.39, 0.29) is 6.79 Å². The van der Waals surface area contributed by atoms with Gasteiger partial charge in [0.25, 0.3) is 5.88 Å². The van der Waals surface area contributed by atoms with Crippen LogP contribution in [0.15, 0.2) is 28.8 Å². The molecule has 0 atom stereocenters. The minimum absolute atomic E-state index is 0.157. The van der Waals surface area contributed by atoms with Gasteiger partial charge in [-0.1, -0.05) is 12.1 Å². The molecule has 5 heteroatoms. The highest BCUT2D eigenvalue weighted by Crippen LogP contribution is 2.43. The van der Waals surface area contributed by atoms with E-state index in [9.17, 15) is 0 Å². The molecule has 106 valence electrons. The van der Waals surface area contributed by atoms with Gasteiger partial charge in [0.15, 0.2) is 12.6 Å². The van der Waals surface area contributed by atoms with Crippen molar-refractivity contribution >= 4 is 11.6 Å². The fourth-order valence-corrected chi connectivity index (χ4v) is 2.47. The van der Waals surface area contributed by atoms with Crippen LogP contribution in [0.4, 0.5) is 0 Å². The number of alkyl halides is 1. The average molecular weight is 294 g/mol. The topological polar surface area (TPSA) is 44.5 Å². The van der Waals surface area contributed by atoms with Gasteiger partial charge in [0.2, 0.25) is 0 Å². The summed E-state index contributed by atoms with van der Waals surface area (Å²) in [5, 5.41) is 3.86. The summed E-state index contributed by atoms with van der Waals surface area (Å²) in [6.45, 7) is 0.157. The number of halogens is 1. The Balaban J connectivity index is 1.86. The molecule has 3 rings (SSSR count). The van der Waals surface area contributed by atoms with Crippen molar-refractivity contribution in [1.82, 2.24) is 5.16 Å². The number of nitrogens with zero attached hydrogens (tertiary/aromatic N) is 1. The standard InChI is InChI=1S/C15H16ClNO3/c1-18-9-19-15-7-14(20-17-15)11-4-5-12(8-16)13(6-11)10-2-3-10/h4-7,10H,2-3,8-9H2,1H3. The van der Waals surface area contributed by atoms with Gasteiger partial charge in [0, 0.05) is 24.6 Å². The molecule has 0 N–H and O–H groups in total. The molecular formula is C15H16ClNO3. The summed E-state index contributed by atoms with van der Waals surface area (Å²) < 4.78 is 15.4. The summed E-state index contributed by atoms with van der Waals surface area (Å²) in [5.41, 5.74) is 3.53. The van der Waals surface area contributed by atoms with Crippen LogP contribution in [0.5, 0.6) is 5.88 Å². The Kier molecular flexibility index (Phi) is 3.94.